The number of fused-ring (bicyclic) bond motifs is 1. The third-order valence-corrected chi connectivity index (χ3v) is 3.57. The summed E-state index contributed by atoms with van der Waals surface area (Å²) in [5, 5.41) is 10.8. The average Bonchev–Trinajstić information content (AvgIpc) is 2.82. The van der Waals surface area contributed by atoms with Gasteiger partial charge in [0.15, 0.2) is 11.5 Å². The van der Waals surface area contributed by atoms with Gasteiger partial charge >= 0.3 is 0 Å². The zero-order valence-corrected chi connectivity index (χ0v) is 11.6. The molecule has 0 radical (unpaired) electrons. The van der Waals surface area contributed by atoms with Gasteiger partial charge in [0.05, 0.1) is 11.2 Å². The number of aromatic amines is 1. The topological polar surface area (TPSA) is 45.2 Å². The zero-order valence-electron chi connectivity index (χ0n) is 10.1. The van der Waals surface area contributed by atoms with Crippen LogP contribution in [0.15, 0.2) is 53.0 Å². The van der Waals surface area contributed by atoms with Gasteiger partial charge in [-0.3, -0.25) is 0 Å². The Morgan fingerprint density at radius 2 is 1.95 bits per heavy atom. The van der Waals surface area contributed by atoms with Crippen molar-refractivity contribution in [3.05, 3.63) is 58.7 Å². The van der Waals surface area contributed by atoms with Crippen molar-refractivity contribution in [2.45, 2.75) is 6.61 Å². The first-order valence-electron chi connectivity index (χ1n) is 5.91. The molecule has 3 aromatic rings. The van der Waals surface area contributed by atoms with Crippen LogP contribution in [0, 0.1) is 0 Å². The molecule has 0 aliphatic heterocycles. The minimum absolute atomic E-state index is 0.153. The molecule has 0 spiro atoms. The van der Waals surface area contributed by atoms with E-state index in [9.17, 15) is 5.11 Å². The predicted octanol–water partition coefficient (Wildman–Crippen LogP) is 4.22. The zero-order chi connectivity index (χ0) is 13.2. The van der Waals surface area contributed by atoms with Gasteiger partial charge in [-0.2, -0.15) is 0 Å². The van der Waals surface area contributed by atoms with E-state index >= 15 is 0 Å². The first-order chi connectivity index (χ1) is 9.24. The molecule has 3 nitrogen and oxygen atoms in total. The molecule has 0 amide bonds. The van der Waals surface area contributed by atoms with Crippen LogP contribution >= 0.6 is 15.9 Å². The molecule has 2 aromatic carbocycles. The Balaban J connectivity index is 1.83. The van der Waals surface area contributed by atoms with Crippen LogP contribution in [0.5, 0.6) is 11.5 Å². The maximum atomic E-state index is 9.63. The highest BCUT2D eigenvalue weighted by Crippen LogP contribution is 2.27. The van der Waals surface area contributed by atoms with E-state index < -0.39 is 0 Å². The molecule has 3 rings (SSSR count). The molecular formula is C15H12BrNO2. The van der Waals surface area contributed by atoms with E-state index in [1.807, 2.05) is 30.3 Å². The van der Waals surface area contributed by atoms with E-state index in [-0.39, 0.29) is 5.75 Å². The maximum Gasteiger partial charge on any atom is 0.161 e. The van der Waals surface area contributed by atoms with Gasteiger partial charge in [0.1, 0.15) is 6.61 Å². The van der Waals surface area contributed by atoms with Crippen LogP contribution in [-0.4, -0.2) is 10.1 Å². The molecule has 96 valence electrons. The van der Waals surface area contributed by atoms with Crippen LogP contribution in [0.3, 0.4) is 0 Å². The molecule has 0 bridgehead atoms. The Morgan fingerprint density at radius 1 is 1.11 bits per heavy atom. The summed E-state index contributed by atoms with van der Waals surface area (Å²) in [6.45, 7) is 0.388. The first-order valence-corrected chi connectivity index (χ1v) is 6.70. The molecule has 0 fully saturated rings. The Morgan fingerprint density at radius 3 is 2.74 bits per heavy atom. The number of H-pyrrole nitrogens is 1. The molecule has 0 saturated heterocycles. The molecule has 0 aliphatic carbocycles. The lowest BCUT2D eigenvalue weighted by Gasteiger charge is -2.06. The second-order valence-electron chi connectivity index (χ2n) is 4.26. The quantitative estimate of drug-likeness (QED) is 0.759. The number of hydrogen-bond acceptors (Lipinski definition) is 2. The van der Waals surface area contributed by atoms with E-state index in [4.69, 9.17) is 4.74 Å². The SMILES string of the molecule is Oc1ccccc1OCc1cc2cccc(Br)c2[nH]1. The predicted molar refractivity (Wildman–Crippen MR) is 78.4 cm³/mol. The number of aromatic hydroxyl groups is 1. The minimum atomic E-state index is 0.153. The van der Waals surface area contributed by atoms with Crippen molar-refractivity contribution in [2.24, 2.45) is 0 Å². The summed E-state index contributed by atoms with van der Waals surface area (Å²) >= 11 is 3.51. The highest BCUT2D eigenvalue weighted by molar-refractivity contribution is 9.10. The van der Waals surface area contributed by atoms with Gasteiger partial charge in [-0.1, -0.05) is 24.3 Å². The van der Waals surface area contributed by atoms with Crippen molar-refractivity contribution in [2.75, 3.05) is 0 Å². The number of aromatic nitrogens is 1. The van der Waals surface area contributed by atoms with E-state index in [1.165, 1.54) is 0 Å². The average molecular weight is 318 g/mol. The van der Waals surface area contributed by atoms with Crippen LogP contribution in [0.1, 0.15) is 5.69 Å². The van der Waals surface area contributed by atoms with E-state index in [0.29, 0.717) is 12.4 Å². The summed E-state index contributed by atoms with van der Waals surface area (Å²) in [4.78, 5) is 3.30. The summed E-state index contributed by atoms with van der Waals surface area (Å²) in [6.07, 6.45) is 0. The van der Waals surface area contributed by atoms with Gasteiger partial charge in [0.25, 0.3) is 0 Å². The number of para-hydroxylation sites is 3. The number of phenols is 1. The number of rotatable bonds is 3. The summed E-state index contributed by atoms with van der Waals surface area (Å²) < 4.78 is 6.62. The highest BCUT2D eigenvalue weighted by atomic mass is 79.9. The number of phenolic OH excluding ortho intramolecular Hbond substituents is 1. The minimum Gasteiger partial charge on any atom is -0.504 e. The first kappa shape index (κ1) is 12.1. The molecular weight excluding hydrogens is 306 g/mol. The van der Waals surface area contributed by atoms with Gasteiger partial charge in [0.2, 0.25) is 0 Å². The lowest BCUT2D eigenvalue weighted by atomic mass is 10.2. The van der Waals surface area contributed by atoms with Crippen molar-refractivity contribution in [3.63, 3.8) is 0 Å². The highest BCUT2D eigenvalue weighted by Gasteiger charge is 2.05. The van der Waals surface area contributed by atoms with Gasteiger partial charge in [-0.15, -0.1) is 0 Å². The molecule has 2 N–H and O–H groups in total. The van der Waals surface area contributed by atoms with Crippen LogP contribution < -0.4 is 4.74 Å². The van der Waals surface area contributed by atoms with E-state index in [2.05, 4.69) is 20.9 Å². The standard InChI is InChI=1S/C15H12BrNO2/c16-12-5-3-4-10-8-11(17-15(10)12)9-19-14-7-2-1-6-13(14)18/h1-8,17-18H,9H2. The second-order valence-corrected chi connectivity index (χ2v) is 5.11. The van der Waals surface area contributed by atoms with Crippen molar-refractivity contribution < 1.29 is 9.84 Å². The Bertz CT molecular complexity index is 721. The second kappa shape index (κ2) is 4.97. The third-order valence-electron chi connectivity index (χ3n) is 2.91. The molecule has 4 heteroatoms. The van der Waals surface area contributed by atoms with E-state index in [0.717, 1.165) is 21.1 Å². The lowest BCUT2D eigenvalue weighted by Crippen LogP contribution is -1.95. The Hall–Kier alpha value is -1.94. The maximum absolute atomic E-state index is 9.63. The van der Waals surface area contributed by atoms with E-state index in [1.54, 1.807) is 18.2 Å². The van der Waals surface area contributed by atoms with Crippen LogP contribution in [0.25, 0.3) is 10.9 Å². The van der Waals surface area contributed by atoms with Crippen LogP contribution in [-0.2, 0) is 6.61 Å². The normalized spacial score (nSPS) is 10.8. The Kier molecular flexibility index (Phi) is 3.17. The number of ether oxygens (including phenoxy) is 1. The molecule has 19 heavy (non-hydrogen) atoms. The van der Waals surface area contributed by atoms with Gasteiger partial charge < -0.3 is 14.8 Å². The van der Waals surface area contributed by atoms with Crippen LogP contribution in [0.4, 0.5) is 0 Å². The number of nitrogens with one attached hydrogen (secondary N) is 1. The smallest absolute Gasteiger partial charge is 0.161 e. The molecule has 0 saturated carbocycles. The third kappa shape index (κ3) is 2.44. The van der Waals surface area contributed by atoms with Gasteiger partial charge in [-0.05, 0) is 40.2 Å². The van der Waals surface area contributed by atoms with Crippen molar-refractivity contribution >= 4 is 26.8 Å². The number of hydrogen-bond donors (Lipinski definition) is 2. The van der Waals surface area contributed by atoms with Gasteiger partial charge in [-0.25, -0.2) is 0 Å². The van der Waals surface area contributed by atoms with Crippen molar-refractivity contribution in [1.82, 2.24) is 4.98 Å². The summed E-state index contributed by atoms with van der Waals surface area (Å²) in [5.74, 6) is 0.639. The van der Waals surface area contributed by atoms with Gasteiger partial charge in [0, 0.05) is 9.86 Å². The molecule has 0 atom stereocenters. The molecule has 1 aromatic heterocycles. The lowest BCUT2D eigenvalue weighted by molar-refractivity contribution is 0.286. The monoisotopic (exact) mass is 317 g/mol. The molecule has 1 heterocycles. The fourth-order valence-electron chi connectivity index (χ4n) is 1.99. The van der Waals surface area contributed by atoms with Crippen molar-refractivity contribution in [1.29, 1.82) is 0 Å². The summed E-state index contributed by atoms with van der Waals surface area (Å²) in [7, 11) is 0. The summed E-state index contributed by atoms with van der Waals surface area (Å²) in [6, 6.07) is 15.0. The number of halogens is 1. The van der Waals surface area contributed by atoms with Crippen molar-refractivity contribution in [3.8, 4) is 11.5 Å². The summed E-state index contributed by atoms with van der Waals surface area (Å²) in [5.41, 5.74) is 2.02. The Labute approximate surface area is 119 Å². The fourth-order valence-corrected chi connectivity index (χ4v) is 2.47. The fraction of sp³-hybridized carbons (Fsp3) is 0.0667. The number of benzene rings is 2. The molecule has 0 aliphatic rings. The van der Waals surface area contributed by atoms with Crippen LogP contribution in [0.2, 0.25) is 0 Å². The molecule has 0 unspecified atom stereocenters. The largest absolute Gasteiger partial charge is 0.504 e.